The minimum Gasteiger partial charge on any atom is -0.493 e. The van der Waals surface area contributed by atoms with Crippen LogP contribution in [0.1, 0.15) is 21.5 Å². The van der Waals surface area contributed by atoms with Gasteiger partial charge < -0.3 is 25.2 Å². The van der Waals surface area contributed by atoms with Gasteiger partial charge in [0.25, 0.3) is 5.91 Å². The number of hydrogen-bond acceptors (Lipinski definition) is 6. The molecule has 3 rings (SSSR count). The number of methoxy groups -OCH3 is 1. The van der Waals surface area contributed by atoms with E-state index in [4.69, 9.17) is 25.8 Å². The molecule has 0 saturated heterocycles. The topological polar surface area (TPSA) is 127 Å². The number of para-hydroxylation sites is 1. The van der Waals surface area contributed by atoms with Gasteiger partial charge in [0.2, 0.25) is 5.91 Å². The first-order valence-corrected chi connectivity index (χ1v) is 11.3. The summed E-state index contributed by atoms with van der Waals surface area (Å²) in [5.41, 5.74) is 2.38. The van der Waals surface area contributed by atoms with E-state index in [1.165, 1.54) is 13.2 Å². The lowest BCUT2D eigenvalue weighted by atomic mass is 10.1. The second-order valence-corrected chi connectivity index (χ2v) is 7.62. The maximum Gasteiger partial charge on any atom is 0.490 e. The standard InChI is InChI=1S/C26H23N3O4.C2HF3O2/c1-3-15-33-23-12-10-19(16-24(23)32-2)11-13-25(30)29-22-9-5-4-8-21(22)26(31)28-18-20-7-6-14-27-17-20;3-2(4,5)1(6)7/h1,4-14,16-17H,15,18H2,2H3,(H,28,31)(H,29,30);(H,6,7)/b13-11+;. The van der Waals surface area contributed by atoms with Crippen LogP contribution in [0.2, 0.25) is 0 Å². The first-order valence-electron chi connectivity index (χ1n) is 11.3. The summed E-state index contributed by atoms with van der Waals surface area (Å²) in [4.78, 5) is 38.0. The van der Waals surface area contributed by atoms with Crippen molar-refractivity contribution in [3.63, 3.8) is 0 Å². The molecule has 0 radical (unpaired) electrons. The first-order chi connectivity index (χ1) is 19.0. The van der Waals surface area contributed by atoms with Crippen molar-refractivity contribution in [3.8, 4) is 23.8 Å². The Morgan fingerprint density at radius 3 is 2.45 bits per heavy atom. The summed E-state index contributed by atoms with van der Waals surface area (Å²) in [6, 6.07) is 15.7. The van der Waals surface area contributed by atoms with Gasteiger partial charge in [-0.05, 0) is 47.5 Å². The maximum atomic E-state index is 12.6. The van der Waals surface area contributed by atoms with Crippen LogP contribution in [0, 0.1) is 12.3 Å². The zero-order valence-corrected chi connectivity index (χ0v) is 21.1. The quantitative estimate of drug-likeness (QED) is 0.265. The molecular weight excluding hydrogens is 531 g/mol. The Kier molecular flexibility index (Phi) is 11.7. The Morgan fingerprint density at radius 2 is 1.82 bits per heavy atom. The van der Waals surface area contributed by atoms with Crippen LogP contribution in [0.4, 0.5) is 18.9 Å². The van der Waals surface area contributed by atoms with Crippen molar-refractivity contribution in [2.24, 2.45) is 0 Å². The van der Waals surface area contributed by atoms with Crippen LogP contribution in [0.15, 0.2) is 73.1 Å². The minimum absolute atomic E-state index is 0.128. The molecule has 3 aromatic rings. The highest BCUT2D eigenvalue weighted by atomic mass is 19.4. The van der Waals surface area contributed by atoms with Crippen LogP contribution in [-0.4, -0.2) is 47.8 Å². The fourth-order valence-electron chi connectivity index (χ4n) is 2.94. The lowest BCUT2D eigenvalue weighted by Crippen LogP contribution is -2.24. The van der Waals surface area contributed by atoms with Gasteiger partial charge in [-0.15, -0.1) is 6.42 Å². The number of benzene rings is 2. The molecule has 0 spiro atoms. The Morgan fingerprint density at radius 1 is 1.10 bits per heavy atom. The number of alkyl halides is 3. The van der Waals surface area contributed by atoms with Crippen LogP contribution >= 0.6 is 0 Å². The molecule has 208 valence electrons. The SMILES string of the molecule is C#CCOc1ccc(/C=C/C(=O)Nc2ccccc2C(=O)NCc2cccnc2)cc1OC.O=C(O)C(F)(F)F. The molecule has 2 aromatic carbocycles. The number of halogens is 3. The molecule has 0 saturated carbocycles. The summed E-state index contributed by atoms with van der Waals surface area (Å²) in [7, 11) is 1.52. The highest BCUT2D eigenvalue weighted by molar-refractivity contribution is 6.07. The molecule has 0 aliphatic heterocycles. The number of hydrogen-bond donors (Lipinski definition) is 3. The monoisotopic (exact) mass is 555 g/mol. The summed E-state index contributed by atoms with van der Waals surface area (Å²) >= 11 is 0. The number of carboxylic acids is 1. The van der Waals surface area contributed by atoms with E-state index in [-0.39, 0.29) is 18.4 Å². The molecule has 1 heterocycles. The molecule has 0 bridgehead atoms. The molecule has 0 fully saturated rings. The number of anilines is 1. The summed E-state index contributed by atoms with van der Waals surface area (Å²) in [5, 5.41) is 12.7. The van der Waals surface area contributed by atoms with Crippen molar-refractivity contribution in [1.82, 2.24) is 10.3 Å². The number of carbonyl (C=O) groups is 3. The van der Waals surface area contributed by atoms with Gasteiger partial charge in [0, 0.05) is 25.0 Å². The van der Waals surface area contributed by atoms with Gasteiger partial charge in [0.15, 0.2) is 11.5 Å². The zero-order valence-electron chi connectivity index (χ0n) is 21.1. The van der Waals surface area contributed by atoms with Crippen molar-refractivity contribution >= 4 is 29.5 Å². The number of terminal acetylenes is 1. The number of pyridine rings is 1. The predicted octanol–water partition coefficient (Wildman–Crippen LogP) is 4.32. The van der Waals surface area contributed by atoms with Crippen molar-refractivity contribution < 1.29 is 42.1 Å². The smallest absolute Gasteiger partial charge is 0.490 e. The van der Waals surface area contributed by atoms with Gasteiger partial charge in [-0.2, -0.15) is 13.2 Å². The van der Waals surface area contributed by atoms with Gasteiger partial charge in [-0.3, -0.25) is 14.6 Å². The number of aliphatic carboxylic acids is 1. The Bertz CT molecular complexity index is 1390. The van der Waals surface area contributed by atoms with E-state index in [2.05, 4.69) is 21.5 Å². The Balaban J connectivity index is 0.000000708. The summed E-state index contributed by atoms with van der Waals surface area (Å²) in [5.74, 6) is -0.0192. The van der Waals surface area contributed by atoms with Crippen LogP contribution in [-0.2, 0) is 16.1 Å². The highest BCUT2D eigenvalue weighted by Crippen LogP contribution is 2.28. The van der Waals surface area contributed by atoms with Crippen molar-refractivity contribution in [2.45, 2.75) is 12.7 Å². The van der Waals surface area contributed by atoms with Crippen LogP contribution in [0.5, 0.6) is 11.5 Å². The molecule has 40 heavy (non-hydrogen) atoms. The number of nitrogens with zero attached hydrogens (tertiary/aromatic N) is 1. The second kappa shape index (κ2) is 15.2. The number of aromatic nitrogens is 1. The number of ether oxygens (including phenoxy) is 2. The van der Waals surface area contributed by atoms with Gasteiger partial charge in [-0.1, -0.05) is 30.2 Å². The van der Waals surface area contributed by atoms with Gasteiger partial charge in [-0.25, -0.2) is 4.79 Å². The molecule has 9 nitrogen and oxygen atoms in total. The third-order valence-electron chi connectivity index (χ3n) is 4.77. The van der Waals surface area contributed by atoms with Crippen LogP contribution in [0.25, 0.3) is 6.08 Å². The summed E-state index contributed by atoms with van der Waals surface area (Å²) in [6.45, 7) is 0.459. The van der Waals surface area contributed by atoms with Crippen molar-refractivity contribution in [1.29, 1.82) is 0 Å². The zero-order chi connectivity index (χ0) is 29.5. The molecule has 0 atom stereocenters. The molecule has 0 aliphatic rings. The number of nitrogens with one attached hydrogen (secondary N) is 2. The highest BCUT2D eigenvalue weighted by Gasteiger charge is 2.38. The normalized spacial score (nSPS) is 10.5. The minimum atomic E-state index is -5.08. The average molecular weight is 556 g/mol. The fourth-order valence-corrected chi connectivity index (χ4v) is 2.94. The van der Waals surface area contributed by atoms with E-state index < -0.39 is 12.1 Å². The van der Waals surface area contributed by atoms with E-state index in [1.807, 2.05) is 6.07 Å². The third-order valence-corrected chi connectivity index (χ3v) is 4.77. The average Bonchev–Trinajstić information content (AvgIpc) is 2.94. The van der Waals surface area contributed by atoms with Crippen LogP contribution in [0.3, 0.4) is 0 Å². The van der Waals surface area contributed by atoms with Gasteiger partial charge >= 0.3 is 12.1 Å². The van der Waals surface area contributed by atoms with Gasteiger partial charge in [0.05, 0.1) is 18.4 Å². The largest absolute Gasteiger partial charge is 0.493 e. The molecule has 0 aliphatic carbocycles. The van der Waals surface area contributed by atoms with E-state index >= 15 is 0 Å². The number of carbonyl (C=O) groups excluding carboxylic acids is 2. The molecule has 12 heteroatoms. The molecule has 3 N–H and O–H groups in total. The van der Waals surface area contributed by atoms with E-state index in [0.717, 1.165) is 11.1 Å². The lowest BCUT2D eigenvalue weighted by molar-refractivity contribution is -0.192. The fraction of sp³-hybridized carbons (Fsp3) is 0.143. The predicted molar refractivity (Wildman–Crippen MR) is 141 cm³/mol. The Hall–Kier alpha value is -5.31. The molecule has 2 amide bonds. The van der Waals surface area contributed by atoms with Crippen LogP contribution < -0.4 is 20.1 Å². The summed E-state index contributed by atoms with van der Waals surface area (Å²) in [6.07, 6.45) is 6.49. The number of rotatable bonds is 9. The number of amides is 2. The summed E-state index contributed by atoms with van der Waals surface area (Å²) < 4.78 is 42.5. The van der Waals surface area contributed by atoms with E-state index in [1.54, 1.807) is 67.0 Å². The maximum absolute atomic E-state index is 12.6. The molecular formula is C28H24F3N3O6. The lowest BCUT2D eigenvalue weighted by Gasteiger charge is -2.11. The first kappa shape index (κ1) is 30.9. The van der Waals surface area contributed by atoms with Crippen molar-refractivity contribution in [3.05, 3.63) is 89.8 Å². The third kappa shape index (κ3) is 10.2. The Labute approximate surface area is 227 Å². The van der Waals surface area contributed by atoms with Gasteiger partial charge in [0.1, 0.15) is 6.61 Å². The van der Waals surface area contributed by atoms with E-state index in [0.29, 0.717) is 29.3 Å². The van der Waals surface area contributed by atoms with E-state index in [9.17, 15) is 22.8 Å². The second-order valence-electron chi connectivity index (χ2n) is 7.62. The molecule has 0 unspecified atom stereocenters. The van der Waals surface area contributed by atoms with Crippen molar-refractivity contribution in [2.75, 3.05) is 19.0 Å². The number of carboxylic acid groups (broad SMARTS) is 1. The molecule has 1 aromatic heterocycles.